The van der Waals surface area contributed by atoms with Crippen molar-refractivity contribution >= 4 is 5.91 Å². The summed E-state index contributed by atoms with van der Waals surface area (Å²) >= 11 is 0. The Morgan fingerprint density at radius 3 is 2.80 bits per heavy atom. The van der Waals surface area contributed by atoms with E-state index in [0.717, 1.165) is 30.8 Å². The van der Waals surface area contributed by atoms with E-state index in [1.165, 1.54) is 18.4 Å². The highest BCUT2D eigenvalue weighted by atomic mass is 16.5. The molecular weight excluding hydrogens is 252 g/mol. The first-order chi connectivity index (χ1) is 9.63. The maximum atomic E-state index is 11.9. The van der Waals surface area contributed by atoms with Crippen molar-refractivity contribution in [2.24, 2.45) is 0 Å². The van der Waals surface area contributed by atoms with Crippen LogP contribution in [0.5, 0.6) is 5.75 Å². The number of nitrogens with zero attached hydrogens (tertiary/aromatic N) is 1. The third-order valence-electron chi connectivity index (χ3n) is 4.02. The summed E-state index contributed by atoms with van der Waals surface area (Å²) in [7, 11) is 1.83. The molecule has 4 heteroatoms. The fraction of sp³-hybridized carbons (Fsp3) is 0.562. The number of benzene rings is 1. The molecule has 3 rings (SSSR count). The van der Waals surface area contributed by atoms with Crippen LogP contribution in [0, 0.1) is 6.92 Å². The zero-order valence-corrected chi connectivity index (χ0v) is 12.2. The Kier molecular flexibility index (Phi) is 3.66. The number of nitrogens with one attached hydrogen (secondary N) is 1. The molecule has 2 fully saturated rings. The van der Waals surface area contributed by atoms with Gasteiger partial charge in [0, 0.05) is 38.2 Å². The van der Waals surface area contributed by atoms with Crippen molar-refractivity contribution in [1.29, 1.82) is 0 Å². The third kappa shape index (κ3) is 2.96. The molecule has 1 saturated heterocycles. The number of hydrogen-bond donors (Lipinski definition) is 1. The number of carbonyl (C=O) groups excluding carboxylic acids is 1. The van der Waals surface area contributed by atoms with Crippen LogP contribution in [0.25, 0.3) is 0 Å². The maximum Gasteiger partial charge on any atom is 0.263 e. The third-order valence-corrected chi connectivity index (χ3v) is 4.02. The highest BCUT2D eigenvalue weighted by Gasteiger charge is 2.31. The highest BCUT2D eigenvalue weighted by molar-refractivity contribution is 5.83. The van der Waals surface area contributed by atoms with Gasteiger partial charge in [0.2, 0.25) is 0 Å². The van der Waals surface area contributed by atoms with Gasteiger partial charge in [-0.2, -0.15) is 0 Å². The van der Waals surface area contributed by atoms with E-state index >= 15 is 0 Å². The standard InChI is InChI=1S/C16H22N2O2/c1-11-3-6-14(12(9-11)10-17-13-4-5-13)20-15-7-8-18(2)16(15)19/h3,6,9,13,15,17H,4-5,7-8,10H2,1-2H3. The van der Waals surface area contributed by atoms with Crippen molar-refractivity contribution in [3.8, 4) is 5.75 Å². The van der Waals surface area contributed by atoms with E-state index in [-0.39, 0.29) is 12.0 Å². The average molecular weight is 274 g/mol. The Hall–Kier alpha value is -1.55. The van der Waals surface area contributed by atoms with Gasteiger partial charge in [0.15, 0.2) is 6.10 Å². The number of likely N-dealkylation sites (N-methyl/N-ethyl adjacent to an activating group) is 1. The Morgan fingerprint density at radius 2 is 2.15 bits per heavy atom. The molecule has 1 saturated carbocycles. The second-order valence-corrected chi connectivity index (χ2v) is 5.92. The molecule has 0 aromatic heterocycles. The van der Waals surface area contributed by atoms with Gasteiger partial charge in [-0.1, -0.05) is 17.7 Å². The lowest BCUT2D eigenvalue weighted by Crippen LogP contribution is -2.30. The molecule has 1 aliphatic carbocycles. The molecule has 1 heterocycles. The fourth-order valence-corrected chi connectivity index (χ4v) is 2.56. The molecule has 1 N–H and O–H groups in total. The Bertz CT molecular complexity index is 511. The number of aryl methyl sites for hydroxylation is 1. The molecule has 1 unspecified atom stereocenters. The van der Waals surface area contributed by atoms with Crippen LogP contribution in [0.3, 0.4) is 0 Å². The zero-order chi connectivity index (χ0) is 14.1. The number of ether oxygens (including phenoxy) is 1. The SMILES string of the molecule is Cc1ccc(OC2CCN(C)C2=O)c(CNC2CC2)c1. The van der Waals surface area contributed by atoms with Gasteiger partial charge in [-0.25, -0.2) is 0 Å². The second-order valence-electron chi connectivity index (χ2n) is 5.92. The summed E-state index contributed by atoms with van der Waals surface area (Å²) in [6.45, 7) is 3.68. The molecule has 0 radical (unpaired) electrons. The Morgan fingerprint density at radius 1 is 1.35 bits per heavy atom. The van der Waals surface area contributed by atoms with Crippen LogP contribution in [-0.4, -0.2) is 36.5 Å². The molecule has 1 aromatic carbocycles. The lowest BCUT2D eigenvalue weighted by Gasteiger charge is -2.17. The van der Waals surface area contributed by atoms with Crippen molar-refractivity contribution in [2.45, 2.75) is 44.9 Å². The summed E-state index contributed by atoms with van der Waals surface area (Å²) < 4.78 is 5.97. The van der Waals surface area contributed by atoms with Gasteiger partial charge in [-0.15, -0.1) is 0 Å². The van der Waals surface area contributed by atoms with Gasteiger partial charge in [-0.3, -0.25) is 4.79 Å². The van der Waals surface area contributed by atoms with E-state index in [1.807, 2.05) is 19.2 Å². The number of rotatable bonds is 5. The van der Waals surface area contributed by atoms with Gasteiger partial charge >= 0.3 is 0 Å². The van der Waals surface area contributed by atoms with E-state index in [1.54, 1.807) is 4.90 Å². The van der Waals surface area contributed by atoms with Crippen LogP contribution in [0.2, 0.25) is 0 Å². The second kappa shape index (κ2) is 5.44. The summed E-state index contributed by atoms with van der Waals surface area (Å²) in [5, 5.41) is 3.51. The van der Waals surface area contributed by atoms with Gasteiger partial charge in [0.1, 0.15) is 5.75 Å². The minimum Gasteiger partial charge on any atom is -0.480 e. The molecule has 0 bridgehead atoms. The van der Waals surface area contributed by atoms with Crippen LogP contribution in [0.1, 0.15) is 30.4 Å². The Balaban J connectivity index is 1.72. The number of carbonyl (C=O) groups is 1. The van der Waals surface area contributed by atoms with E-state index in [4.69, 9.17) is 4.74 Å². The molecule has 1 aliphatic heterocycles. The lowest BCUT2D eigenvalue weighted by molar-refractivity contribution is -0.132. The average Bonchev–Trinajstić information content (AvgIpc) is 3.21. The van der Waals surface area contributed by atoms with Crippen LogP contribution in [0.4, 0.5) is 0 Å². The molecule has 2 aliphatic rings. The summed E-state index contributed by atoms with van der Waals surface area (Å²) in [4.78, 5) is 13.7. The first-order valence-electron chi connectivity index (χ1n) is 7.38. The number of hydrogen-bond acceptors (Lipinski definition) is 3. The summed E-state index contributed by atoms with van der Waals surface area (Å²) in [6, 6.07) is 6.85. The van der Waals surface area contributed by atoms with Crippen molar-refractivity contribution in [1.82, 2.24) is 10.2 Å². The van der Waals surface area contributed by atoms with E-state index in [2.05, 4.69) is 18.3 Å². The van der Waals surface area contributed by atoms with Crippen LogP contribution < -0.4 is 10.1 Å². The van der Waals surface area contributed by atoms with Gasteiger partial charge in [0.05, 0.1) is 0 Å². The quantitative estimate of drug-likeness (QED) is 0.891. The van der Waals surface area contributed by atoms with E-state index < -0.39 is 0 Å². The van der Waals surface area contributed by atoms with Crippen molar-refractivity contribution < 1.29 is 9.53 Å². The van der Waals surface area contributed by atoms with Crippen LogP contribution >= 0.6 is 0 Å². The van der Waals surface area contributed by atoms with Gasteiger partial charge in [-0.05, 0) is 25.8 Å². The van der Waals surface area contributed by atoms with Gasteiger partial charge in [0.25, 0.3) is 5.91 Å². The number of amides is 1. The molecule has 0 spiro atoms. The predicted molar refractivity (Wildman–Crippen MR) is 77.7 cm³/mol. The van der Waals surface area contributed by atoms with Crippen molar-refractivity contribution in [3.63, 3.8) is 0 Å². The summed E-state index contributed by atoms with van der Waals surface area (Å²) in [5.41, 5.74) is 2.37. The summed E-state index contributed by atoms with van der Waals surface area (Å²) in [5.74, 6) is 0.934. The first-order valence-corrected chi connectivity index (χ1v) is 7.38. The van der Waals surface area contributed by atoms with E-state index in [9.17, 15) is 4.79 Å². The molecule has 1 aromatic rings. The molecule has 108 valence electrons. The first kappa shape index (κ1) is 13.4. The fourth-order valence-electron chi connectivity index (χ4n) is 2.56. The molecule has 4 nitrogen and oxygen atoms in total. The molecule has 20 heavy (non-hydrogen) atoms. The van der Waals surface area contributed by atoms with Gasteiger partial charge < -0.3 is 15.0 Å². The van der Waals surface area contributed by atoms with Crippen LogP contribution in [-0.2, 0) is 11.3 Å². The zero-order valence-electron chi connectivity index (χ0n) is 12.2. The minimum atomic E-state index is -0.317. The topological polar surface area (TPSA) is 41.6 Å². The van der Waals surface area contributed by atoms with E-state index in [0.29, 0.717) is 6.04 Å². The summed E-state index contributed by atoms with van der Waals surface area (Å²) in [6.07, 6.45) is 3.00. The minimum absolute atomic E-state index is 0.0895. The molecule has 1 atom stereocenters. The predicted octanol–water partition coefficient (Wildman–Crippen LogP) is 1.86. The van der Waals surface area contributed by atoms with Crippen molar-refractivity contribution in [3.05, 3.63) is 29.3 Å². The monoisotopic (exact) mass is 274 g/mol. The Labute approximate surface area is 120 Å². The smallest absolute Gasteiger partial charge is 0.263 e. The normalized spacial score (nSPS) is 22.4. The van der Waals surface area contributed by atoms with Crippen LogP contribution in [0.15, 0.2) is 18.2 Å². The number of likely N-dealkylation sites (tertiary alicyclic amines) is 1. The maximum absolute atomic E-state index is 11.9. The largest absolute Gasteiger partial charge is 0.480 e. The lowest BCUT2D eigenvalue weighted by atomic mass is 10.1. The molecule has 1 amide bonds. The van der Waals surface area contributed by atoms with Crippen molar-refractivity contribution in [2.75, 3.05) is 13.6 Å². The molecular formula is C16H22N2O2. The highest BCUT2D eigenvalue weighted by Crippen LogP contribution is 2.26.